The summed E-state index contributed by atoms with van der Waals surface area (Å²) >= 11 is 0. The van der Waals surface area contributed by atoms with E-state index in [1.807, 2.05) is 4.90 Å². The first-order chi connectivity index (χ1) is 16.6. The normalized spacial score (nSPS) is 17.3. The summed E-state index contributed by atoms with van der Waals surface area (Å²) < 4.78 is 85.5. The third-order valence-corrected chi connectivity index (χ3v) is 6.16. The molecule has 1 fully saturated rings. The third-order valence-electron chi connectivity index (χ3n) is 6.16. The van der Waals surface area contributed by atoms with Crippen molar-refractivity contribution in [2.45, 2.75) is 25.0 Å². The smallest absolute Gasteiger partial charge is 0.391 e. The molecule has 10 heteroatoms. The number of rotatable bonds is 4. The van der Waals surface area contributed by atoms with E-state index in [9.17, 15) is 27.1 Å². The van der Waals surface area contributed by atoms with Gasteiger partial charge in [-0.25, -0.2) is 17.9 Å². The molecule has 1 saturated heterocycles. The largest absolute Gasteiger partial charge is 0.418 e. The van der Waals surface area contributed by atoms with E-state index in [-0.39, 0.29) is 11.1 Å². The molecule has 2 atom stereocenters. The molecule has 1 aliphatic heterocycles. The van der Waals surface area contributed by atoms with Crippen molar-refractivity contribution < 1.29 is 31.4 Å². The molecule has 0 aliphatic carbocycles. The van der Waals surface area contributed by atoms with Crippen LogP contribution in [0.15, 0.2) is 60.7 Å². The Bertz CT molecular complexity index is 1380. The highest BCUT2D eigenvalue weighted by atomic mass is 19.4. The van der Waals surface area contributed by atoms with Crippen LogP contribution >= 0.6 is 0 Å². The van der Waals surface area contributed by atoms with Crippen LogP contribution in [0.5, 0.6) is 0 Å². The number of halogens is 6. The Morgan fingerprint density at radius 2 is 1.69 bits per heavy atom. The first-order valence-electron chi connectivity index (χ1n) is 10.8. The van der Waals surface area contributed by atoms with E-state index < -0.39 is 46.9 Å². The van der Waals surface area contributed by atoms with Gasteiger partial charge in [-0.2, -0.15) is 18.3 Å². The van der Waals surface area contributed by atoms with Crippen LogP contribution < -0.4 is 4.90 Å². The van der Waals surface area contributed by atoms with Crippen LogP contribution in [0.4, 0.5) is 32.0 Å². The zero-order chi connectivity index (χ0) is 24.9. The number of fused-ring (bicyclic) bond motifs is 1. The van der Waals surface area contributed by atoms with Crippen molar-refractivity contribution in [1.82, 2.24) is 9.78 Å². The van der Waals surface area contributed by atoms with Gasteiger partial charge in [0.05, 0.1) is 17.4 Å². The highest BCUT2D eigenvalue weighted by Crippen LogP contribution is 2.40. The summed E-state index contributed by atoms with van der Waals surface area (Å²) in [6.45, 7) is 1.09. The highest BCUT2D eigenvalue weighted by Gasteiger charge is 2.35. The first-order valence-corrected chi connectivity index (χ1v) is 10.8. The number of aliphatic hydroxyl groups excluding tert-OH is 1. The van der Waals surface area contributed by atoms with Gasteiger partial charge in [0, 0.05) is 35.3 Å². The predicted molar refractivity (Wildman–Crippen MR) is 119 cm³/mol. The van der Waals surface area contributed by atoms with Gasteiger partial charge < -0.3 is 10.0 Å². The number of hydrogen-bond acceptors (Lipinski definition) is 3. The van der Waals surface area contributed by atoms with Crippen LogP contribution in [-0.4, -0.2) is 34.1 Å². The van der Waals surface area contributed by atoms with Crippen LogP contribution in [0.2, 0.25) is 0 Å². The van der Waals surface area contributed by atoms with E-state index in [0.717, 1.165) is 30.0 Å². The number of benzene rings is 3. The summed E-state index contributed by atoms with van der Waals surface area (Å²) in [5.74, 6) is -2.72. The fourth-order valence-corrected chi connectivity index (χ4v) is 4.45. The minimum Gasteiger partial charge on any atom is -0.391 e. The fourth-order valence-electron chi connectivity index (χ4n) is 4.45. The molecule has 0 saturated carbocycles. The Kier molecular flexibility index (Phi) is 5.71. The van der Waals surface area contributed by atoms with Gasteiger partial charge in [-0.15, -0.1) is 0 Å². The van der Waals surface area contributed by atoms with Crippen molar-refractivity contribution in [3.05, 3.63) is 83.4 Å². The van der Waals surface area contributed by atoms with Crippen molar-refractivity contribution >= 4 is 16.6 Å². The fraction of sp³-hybridized carbons (Fsp3) is 0.240. The van der Waals surface area contributed by atoms with Crippen molar-refractivity contribution in [1.29, 1.82) is 0 Å². The monoisotopic (exact) mass is 491 g/mol. The molecular weight excluding hydrogens is 472 g/mol. The molecule has 0 radical (unpaired) electrons. The first kappa shape index (κ1) is 23.2. The summed E-state index contributed by atoms with van der Waals surface area (Å²) in [5.41, 5.74) is -1.13. The highest BCUT2D eigenvalue weighted by molar-refractivity contribution is 5.95. The lowest BCUT2D eigenvalue weighted by atomic mass is 10.0. The average Bonchev–Trinajstić information content (AvgIpc) is 3.43. The number of nitrogens with zero attached hydrogens (tertiary/aromatic N) is 3. The van der Waals surface area contributed by atoms with Crippen LogP contribution in [0, 0.1) is 11.6 Å². The molecule has 182 valence electrons. The lowest BCUT2D eigenvalue weighted by Crippen LogP contribution is -2.20. The zero-order valence-electron chi connectivity index (χ0n) is 18.1. The molecule has 1 N–H and O–H groups in total. The third kappa shape index (κ3) is 4.12. The van der Waals surface area contributed by atoms with Crippen molar-refractivity contribution in [2.24, 2.45) is 0 Å². The second-order valence-electron chi connectivity index (χ2n) is 8.41. The van der Waals surface area contributed by atoms with E-state index in [1.54, 1.807) is 24.3 Å². The zero-order valence-corrected chi connectivity index (χ0v) is 18.1. The number of β-amino-alcohol motifs (C(OH)–C–C–N with tert-alkyl or cyclic N) is 1. The lowest BCUT2D eigenvalue weighted by Gasteiger charge is -2.19. The molecule has 35 heavy (non-hydrogen) atoms. The lowest BCUT2D eigenvalue weighted by molar-refractivity contribution is -0.136. The Labute approximate surface area is 196 Å². The number of anilines is 1. The molecule has 4 aromatic rings. The van der Waals surface area contributed by atoms with E-state index in [4.69, 9.17) is 0 Å². The summed E-state index contributed by atoms with van der Waals surface area (Å²) in [4.78, 5) is 1.95. The van der Waals surface area contributed by atoms with Crippen molar-refractivity contribution in [3.8, 4) is 11.3 Å². The Balaban J connectivity index is 1.69. The van der Waals surface area contributed by atoms with Crippen molar-refractivity contribution in [3.63, 3.8) is 0 Å². The standard InChI is InChI=1S/C25H19F6N3O/c26-20-6-2-3-17(21(20)27)24(28)34-23(18-4-1-5-19(22(18)32-34)25(29,30)31)14-7-9-15(10-8-14)33-12-11-16(35)13-33/h1-10,16,24,35H,11-13H2. The van der Waals surface area contributed by atoms with E-state index in [1.165, 1.54) is 12.1 Å². The molecule has 0 amide bonds. The molecule has 1 aliphatic rings. The summed E-state index contributed by atoms with van der Waals surface area (Å²) in [7, 11) is 0. The minimum atomic E-state index is -4.76. The summed E-state index contributed by atoms with van der Waals surface area (Å²) in [6, 6.07) is 13.0. The molecule has 2 heterocycles. The minimum absolute atomic E-state index is 0.00438. The Morgan fingerprint density at radius 1 is 0.971 bits per heavy atom. The van der Waals surface area contributed by atoms with E-state index >= 15 is 4.39 Å². The number of aromatic nitrogens is 2. The molecule has 5 rings (SSSR count). The van der Waals surface area contributed by atoms with Gasteiger partial charge in [-0.05, 0) is 30.7 Å². The number of hydrogen-bond donors (Lipinski definition) is 1. The molecule has 1 aromatic heterocycles. The van der Waals surface area contributed by atoms with Gasteiger partial charge in [-0.3, -0.25) is 0 Å². The Hall–Kier alpha value is -3.53. The summed E-state index contributed by atoms with van der Waals surface area (Å²) in [6.07, 6.45) is -6.98. The van der Waals surface area contributed by atoms with Crippen LogP contribution in [0.25, 0.3) is 22.2 Å². The quantitative estimate of drug-likeness (QED) is 0.352. The molecule has 0 bridgehead atoms. The van der Waals surface area contributed by atoms with Crippen LogP contribution in [0.3, 0.4) is 0 Å². The van der Waals surface area contributed by atoms with Crippen LogP contribution in [0.1, 0.15) is 23.8 Å². The molecule has 0 spiro atoms. The molecular formula is C25H19F6N3O. The van der Waals surface area contributed by atoms with Gasteiger partial charge in [-0.1, -0.05) is 36.4 Å². The maximum absolute atomic E-state index is 15.7. The maximum atomic E-state index is 15.7. The van der Waals surface area contributed by atoms with E-state index in [2.05, 4.69) is 5.10 Å². The predicted octanol–water partition coefficient (Wildman–Crippen LogP) is 6.09. The van der Waals surface area contributed by atoms with Crippen LogP contribution in [-0.2, 0) is 6.18 Å². The summed E-state index contributed by atoms with van der Waals surface area (Å²) in [5, 5.41) is 13.7. The SMILES string of the molecule is OC1CCN(c2ccc(-c3c4cccc(C(F)(F)F)c4nn3C(F)c3cccc(F)c3F)cc2)C1. The van der Waals surface area contributed by atoms with Crippen molar-refractivity contribution in [2.75, 3.05) is 18.0 Å². The number of alkyl halides is 4. The number of aliphatic hydroxyl groups is 1. The second-order valence-corrected chi connectivity index (χ2v) is 8.41. The second kappa shape index (κ2) is 8.60. The van der Waals surface area contributed by atoms with E-state index in [0.29, 0.717) is 29.8 Å². The molecule has 3 aromatic carbocycles. The Morgan fingerprint density at radius 3 is 2.34 bits per heavy atom. The van der Waals surface area contributed by atoms with Gasteiger partial charge in [0.25, 0.3) is 0 Å². The molecule has 4 nitrogen and oxygen atoms in total. The average molecular weight is 491 g/mol. The van der Waals surface area contributed by atoms with Gasteiger partial charge in [0.15, 0.2) is 11.6 Å². The topological polar surface area (TPSA) is 41.3 Å². The molecule has 2 unspecified atom stereocenters. The van der Waals surface area contributed by atoms with Gasteiger partial charge in [0.1, 0.15) is 5.52 Å². The van der Waals surface area contributed by atoms with Gasteiger partial charge in [0.2, 0.25) is 6.30 Å². The maximum Gasteiger partial charge on any atom is 0.418 e. The van der Waals surface area contributed by atoms with Gasteiger partial charge >= 0.3 is 6.18 Å².